The number of fused-ring (bicyclic) bond motifs is 1. The molecule has 116 valence electrons. The summed E-state index contributed by atoms with van der Waals surface area (Å²) in [5.74, 6) is 0.739. The highest BCUT2D eigenvalue weighted by Crippen LogP contribution is 2.26. The van der Waals surface area contributed by atoms with E-state index >= 15 is 0 Å². The summed E-state index contributed by atoms with van der Waals surface area (Å²) in [7, 11) is 0. The van der Waals surface area contributed by atoms with Gasteiger partial charge in [0.05, 0.1) is 12.1 Å². The highest BCUT2D eigenvalue weighted by Gasteiger charge is 2.18. The Hall–Kier alpha value is -2.30. The summed E-state index contributed by atoms with van der Waals surface area (Å²) in [4.78, 5) is 14.4. The maximum Gasteiger partial charge on any atom is 0.224 e. The quantitative estimate of drug-likeness (QED) is 0.917. The van der Waals surface area contributed by atoms with Gasteiger partial charge in [0.25, 0.3) is 0 Å². The van der Waals surface area contributed by atoms with E-state index in [2.05, 4.69) is 39.6 Å². The van der Waals surface area contributed by atoms with Crippen molar-refractivity contribution in [3.8, 4) is 0 Å². The van der Waals surface area contributed by atoms with Gasteiger partial charge in [-0.15, -0.1) is 0 Å². The molecule has 22 heavy (non-hydrogen) atoms. The Morgan fingerprint density at radius 3 is 2.95 bits per heavy atom. The zero-order valence-electron chi connectivity index (χ0n) is 13.1. The topological polar surface area (TPSA) is 58.4 Å². The summed E-state index contributed by atoms with van der Waals surface area (Å²) in [6.07, 6.45) is 1.42. The number of hydrogen-bond acceptors (Lipinski definition) is 4. The van der Waals surface area contributed by atoms with E-state index in [4.69, 9.17) is 4.52 Å². The van der Waals surface area contributed by atoms with E-state index < -0.39 is 0 Å². The third kappa shape index (κ3) is 2.98. The van der Waals surface area contributed by atoms with Gasteiger partial charge in [-0.2, -0.15) is 0 Å². The van der Waals surface area contributed by atoms with Crippen LogP contribution in [-0.4, -0.2) is 30.7 Å². The molecule has 1 aliphatic rings. The zero-order valence-corrected chi connectivity index (χ0v) is 13.1. The van der Waals surface area contributed by atoms with Gasteiger partial charge in [0, 0.05) is 30.9 Å². The molecule has 0 radical (unpaired) electrons. The molecular formula is C17H21N3O2. The van der Waals surface area contributed by atoms with Crippen molar-refractivity contribution in [1.82, 2.24) is 10.5 Å². The molecule has 1 aromatic carbocycles. The third-order valence-electron chi connectivity index (χ3n) is 4.21. The molecule has 0 bridgehead atoms. The van der Waals surface area contributed by atoms with E-state index in [9.17, 15) is 4.79 Å². The second kappa shape index (κ2) is 6.22. The molecule has 1 aromatic heterocycles. The second-order valence-electron chi connectivity index (χ2n) is 5.70. The number of aromatic nitrogens is 1. The van der Waals surface area contributed by atoms with Gasteiger partial charge in [-0.1, -0.05) is 23.4 Å². The molecule has 0 aliphatic carbocycles. The van der Waals surface area contributed by atoms with Crippen LogP contribution in [-0.2, 0) is 17.6 Å². The van der Waals surface area contributed by atoms with Gasteiger partial charge in [-0.25, -0.2) is 0 Å². The normalized spacial score (nSPS) is 13.3. The molecule has 2 heterocycles. The van der Waals surface area contributed by atoms with Crippen molar-refractivity contribution < 1.29 is 9.32 Å². The first kappa shape index (κ1) is 14.6. The lowest BCUT2D eigenvalue weighted by molar-refractivity contribution is -0.120. The molecule has 1 amide bonds. The minimum Gasteiger partial charge on any atom is -0.369 e. The number of carbonyl (C=O) groups is 1. The number of rotatable bonds is 5. The average Bonchev–Trinajstić information content (AvgIpc) is 3.06. The fourth-order valence-electron chi connectivity index (χ4n) is 2.95. The highest BCUT2D eigenvalue weighted by atomic mass is 16.5. The predicted octanol–water partition coefficient (Wildman–Crippen LogP) is 2.01. The van der Waals surface area contributed by atoms with Crippen molar-refractivity contribution in [2.75, 3.05) is 24.5 Å². The predicted molar refractivity (Wildman–Crippen MR) is 85.0 cm³/mol. The van der Waals surface area contributed by atoms with E-state index in [1.54, 1.807) is 0 Å². The maximum absolute atomic E-state index is 12.0. The molecule has 1 N–H and O–H groups in total. The van der Waals surface area contributed by atoms with Crippen LogP contribution in [0.2, 0.25) is 0 Å². The SMILES string of the molecule is Cc1noc(C)c1CC(=O)NCCN1CCc2ccccc21. The first-order chi connectivity index (χ1) is 10.6. The molecular weight excluding hydrogens is 278 g/mol. The fraction of sp³-hybridized carbons (Fsp3) is 0.412. The van der Waals surface area contributed by atoms with Crippen molar-refractivity contribution in [1.29, 1.82) is 0 Å². The maximum atomic E-state index is 12.0. The molecule has 2 aromatic rings. The molecule has 1 aliphatic heterocycles. The summed E-state index contributed by atoms with van der Waals surface area (Å²) >= 11 is 0. The fourth-order valence-corrected chi connectivity index (χ4v) is 2.95. The Morgan fingerprint density at radius 2 is 2.18 bits per heavy atom. The summed E-state index contributed by atoms with van der Waals surface area (Å²) in [6, 6.07) is 8.46. The standard InChI is InChI=1S/C17H21N3O2/c1-12-15(13(2)22-19-12)11-17(21)18-8-10-20-9-7-14-5-3-4-6-16(14)20/h3-6H,7-11H2,1-2H3,(H,18,21). The number of carbonyl (C=O) groups excluding carboxylic acids is 1. The lowest BCUT2D eigenvalue weighted by atomic mass is 10.1. The van der Waals surface area contributed by atoms with Gasteiger partial charge >= 0.3 is 0 Å². The Kier molecular flexibility index (Phi) is 4.13. The molecule has 5 nitrogen and oxygen atoms in total. The number of amides is 1. The first-order valence-electron chi connectivity index (χ1n) is 7.66. The van der Waals surface area contributed by atoms with Gasteiger partial charge in [-0.3, -0.25) is 4.79 Å². The monoisotopic (exact) mass is 299 g/mol. The smallest absolute Gasteiger partial charge is 0.224 e. The summed E-state index contributed by atoms with van der Waals surface area (Å²) in [6.45, 7) is 6.21. The minimum atomic E-state index is 0.0156. The van der Waals surface area contributed by atoms with Gasteiger partial charge in [-0.05, 0) is 31.9 Å². The number of benzene rings is 1. The van der Waals surface area contributed by atoms with Crippen molar-refractivity contribution in [3.63, 3.8) is 0 Å². The Bertz CT molecular complexity index is 659. The average molecular weight is 299 g/mol. The highest BCUT2D eigenvalue weighted by molar-refractivity contribution is 5.79. The van der Waals surface area contributed by atoms with Gasteiger partial charge < -0.3 is 14.7 Å². The Labute approximate surface area is 130 Å². The van der Waals surface area contributed by atoms with Crippen LogP contribution in [0.15, 0.2) is 28.8 Å². The van der Waals surface area contributed by atoms with Crippen LogP contribution in [0, 0.1) is 13.8 Å². The van der Waals surface area contributed by atoms with Crippen LogP contribution in [0.4, 0.5) is 5.69 Å². The second-order valence-corrected chi connectivity index (χ2v) is 5.70. The van der Waals surface area contributed by atoms with Crippen LogP contribution < -0.4 is 10.2 Å². The Morgan fingerprint density at radius 1 is 1.36 bits per heavy atom. The minimum absolute atomic E-state index is 0.0156. The number of nitrogens with one attached hydrogen (secondary N) is 1. The van der Waals surface area contributed by atoms with Crippen molar-refractivity contribution in [2.45, 2.75) is 26.7 Å². The molecule has 0 atom stereocenters. The molecule has 0 saturated carbocycles. The summed E-state index contributed by atoms with van der Waals surface area (Å²) in [5.41, 5.74) is 4.37. The van der Waals surface area contributed by atoms with Gasteiger partial charge in [0.2, 0.25) is 5.91 Å². The van der Waals surface area contributed by atoms with Crippen molar-refractivity contribution >= 4 is 11.6 Å². The van der Waals surface area contributed by atoms with E-state index in [1.807, 2.05) is 13.8 Å². The van der Waals surface area contributed by atoms with Crippen molar-refractivity contribution in [2.24, 2.45) is 0 Å². The number of hydrogen-bond donors (Lipinski definition) is 1. The lowest BCUT2D eigenvalue weighted by Crippen LogP contribution is -2.35. The Balaban J connectivity index is 1.49. The lowest BCUT2D eigenvalue weighted by Gasteiger charge is -2.19. The van der Waals surface area contributed by atoms with Crippen molar-refractivity contribution in [3.05, 3.63) is 46.8 Å². The van der Waals surface area contributed by atoms with Gasteiger partial charge in [0.15, 0.2) is 0 Å². The number of nitrogens with zero attached hydrogens (tertiary/aromatic N) is 2. The van der Waals surface area contributed by atoms with E-state index in [-0.39, 0.29) is 5.91 Å². The van der Waals surface area contributed by atoms with Crippen LogP contribution in [0.5, 0.6) is 0 Å². The molecule has 5 heteroatoms. The van der Waals surface area contributed by atoms with Gasteiger partial charge in [0.1, 0.15) is 5.76 Å². The van der Waals surface area contributed by atoms with E-state index in [1.165, 1.54) is 11.3 Å². The largest absolute Gasteiger partial charge is 0.369 e. The van der Waals surface area contributed by atoms with E-state index in [0.29, 0.717) is 13.0 Å². The zero-order chi connectivity index (χ0) is 15.5. The number of anilines is 1. The van der Waals surface area contributed by atoms with Crippen LogP contribution >= 0.6 is 0 Å². The van der Waals surface area contributed by atoms with E-state index in [0.717, 1.165) is 36.5 Å². The molecule has 3 rings (SSSR count). The third-order valence-corrected chi connectivity index (χ3v) is 4.21. The first-order valence-corrected chi connectivity index (χ1v) is 7.66. The molecule has 0 fully saturated rings. The summed E-state index contributed by atoms with van der Waals surface area (Å²) < 4.78 is 5.08. The molecule has 0 spiro atoms. The summed E-state index contributed by atoms with van der Waals surface area (Å²) in [5, 5.41) is 6.86. The van der Waals surface area contributed by atoms with Crippen LogP contribution in [0.25, 0.3) is 0 Å². The number of aryl methyl sites for hydroxylation is 2. The molecule has 0 saturated heterocycles. The number of para-hydroxylation sites is 1. The van der Waals surface area contributed by atoms with Crippen LogP contribution in [0.1, 0.15) is 22.6 Å². The van der Waals surface area contributed by atoms with Crippen LogP contribution in [0.3, 0.4) is 0 Å². The molecule has 0 unspecified atom stereocenters.